The number of aryl methyl sites for hydroxylation is 2. The third-order valence-electron chi connectivity index (χ3n) is 6.71. The summed E-state index contributed by atoms with van der Waals surface area (Å²) < 4.78 is 0. The Kier molecular flexibility index (Phi) is 7.67. The van der Waals surface area contributed by atoms with Crippen LogP contribution in [0.1, 0.15) is 51.7 Å². The van der Waals surface area contributed by atoms with Gasteiger partial charge in [0.1, 0.15) is 0 Å². The largest absolute Gasteiger partial charge is 0.338 e. The number of rotatable bonds is 8. The van der Waals surface area contributed by atoms with E-state index in [0.29, 0.717) is 17.8 Å². The van der Waals surface area contributed by atoms with Gasteiger partial charge in [0.25, 0.3) is 5.91 Å². The quantitative estimate of drug-likeness (QED) is 0.389. The number of likely N-dealkylation sites (tertiary alicyclic amines) is 1. The molecule has 1 aliphatic rings. The zero-order valence-corrected chi connectivity index (χ0v) is 21.1. The first-order chi connectivity index (χ1) is 15.9. The second kappa shape index (κ2) is 10.7. The van der Waals surface area contributed by atoms with Gasteiger partial charge < -0.3 is 4.90 Å². The van der Waals surface area contributed by atoms with E-state index in [1.54, 1.807) is 0 Å². The van der Waals surface area contributed by atoms with E-state index in [9.17, 15) is 4.79 Å². The molecular formula is C29H36N2OS. The number of thiophene rings is 1. The minimum absolute atomic E-state index is 0.156. The Morgan fingerprint density at radius 3 is 2.39 bits per heavy atom. The molecule has 1 aromatic heterocycles. The number of nitrogens with zero attached hydrogens (tertiary/aromatic N) is 2. The molecule has 2 atom stereocenters. The van der Waals surface area contributed by atoms with Gasteiger partial charge in [-0.25, -0.2) is 0 Å². The molecular weight excluding hydrogens is 424 g/mol. The van der Waals surface area contributed by atoms with Crippen molar-refractivity contribution >= 4 is 17.2 Å². The van der Waals surface area contributed by atoms with Gasteiger partial charge in [0.15, 0.2) is 0 Å². The fourth-order valence-corrected chi connectivity index (χ4v) is 5.91. The van der Waals surface area contributed by atoms with Crippen molar-refractivity contribution in [2.45, 2.75) is 40.2 Å². The summed E-state index contributed by atoms with van der Waals surface area (Å²) in [7, 11) is 0. The van der Waals surface area contributed by atoms with E-state index in [2.05, 4.69) is 79.3 Å². The standard InChI is InChI=1S/C29H36N2OS/c1-21(2)16-31(29(32)25-12-10-22(3)11-13-25)18-26-17-30(20-28-23(4)14-15-33-28)19-27(26)24-8-6-5-7-9-24/h5-15,21,26-27H,16-20H2,1-4H3/t26-,27+/m0/s1. The summed E-state index contributed by atoms with van der Waals surface area (Å²) >= 11 is 1.85. The molecule has 0 spiro atoms. The average molecular weight is 461 g/mol. The maximum absolute atomic E-state index is 13.5. The van der Waals surface area contributed by atoms with Gasteiger partial charge in [0.05, 0.1) is 0 Å². The Morgan fingerprint density at radius 1 is 1.03 bits per heavy atom. The van der Waals surface area contributed by atoms with E-state index in [1.807, 2.05) is 35.6 Å². The first-order valence-electron chi connectivity index (χ1n) is 12.1. The molecule has 0 saturated carbocycles. The predicted octanol–water partition coefficient (Wildman–Crippen LogP) is 6.38. The minimum atomic E-state index is 0.156. The van der Waals surface area contributed by atoms with Gasteiger partial charge in [0.2, 0.25) is 0 Å². The van der Waals surface area contributed by atoms with Crippen LogP contribution in [0.4, 0.5) is 0 Å². The molecule has 4 rings (SSSR count). The molecule has 0 aliphatic carbocycles. The highest BCUT2D eigenvalue weighted by atomic mass is 32.1. The Morgan fingerprint density at radius 2 is 1.76 bits per heavy atom. The Balaban J connectivity index is 1.57. The fraction of sp³-hybridized carbons (Fsp3) is 0.414. The summed E-state index contributed by atoms with van der Waals surface area (Å²) in [6.45, 7) is 13.3. The van der Waals surface area contributed by atoms with E-state index in [4.69, 9.17) is 0 Å². The molecule has 0 unspecified atom stereocenters. The Hall–Kier alpha value is -2.43. The molecule has 2 aromatic carbocycles. The van der Waals surface area contributed by atoms with E-state index >= 15 is 0 Å². The third kappa shape index (κ3) is 5.93. The van der Waals surface area contributed by atoms with Crippen molar-refractivity contribution in [1.29, 1.82) is 0 Å². The van der Waals surface area contributed by atoms with Gasteiger partial charge in [-0.2, -0.15) is 0 Å². The third-order valence-corrected chi connectivity index (χ3v) is 7.71. The van der Waals surface area contributed by atoms with Crippen molar-refractivity contribution in [3.8, 4) is 0 Å². The maximum Gasteiger partial charge on any atom is 0.253 e. The minimum Gasteiger partial charge on any atom is -0.338 e. The average Bonchev–Trinajstić information content (AvgIpc) is 3.39. The molecule has 4 heteroatoms. The van der Waals surface area contributed by atoms with Gasteiger partial charge >= 0.3 is 0 Å². The molecule has 1 fully saturated rings. The predicted molar refractivity (Wildman–Crippen MR) is 139 cm³/mol. The van der Waals surface area contributed by atoms with E-state index in [0.717, 1.165) is 38.3 Å². The van der Waals surface area contributed by atoms with E-state index in [-0.39, 0.29) is 5.91 Å². The highest BCUT2D eigenvalue weighted by Crippen LogP contribution is 2.35. The van der Waals surface area contributed by atoms with Crippen LogP contribution < -0.4 is 0 Å². The highest BCUT2D eigenvalue weighted by Gasteiger charge is 2.36. The topological polar surface area (TPSA) is 23.6 Å². The number of carbonyl (C=O) groups is 1. The lowest BCUT2D eigenvalue weighted by atomic mass is 9.88. The molecule has 3 aromatic rings. The summed E-state index contributed by atoms with van der Waals surface area (Å²) in [5, 5.41) is 2.19. The first kappa shape index (κ1) is 23.7. The maximum atomic E-state index is 13.5. The van der Waals surface area contributed by atoms with Crippen LogP contribution in [-0.4, -0.2) is 41.9 Å². The monoisotopic (exact) mass is 460 g/mol. The summed E-state index contributed by atoms with van der Waals surface area (Å²) in [4.78, 5) is 19.7. The van der Waals surface area contributed by atoms with Crippen LogP contribution in [0, 0.1) is 25.7 Å². The van der Waals surface area contributed by atoms with Gasteiger partial charge in [-0.1, -0.05) is 61.9 Å². The lowest BCUT2D eigenvalue weighted by Gasteiger charge is -2.30. The van der Waals surface area contributed by atoms with Gasteiger partial charge in [-0.3, -0.25) is 9.69 Å². The smallest absolute Gasteiger partial charge is 0.253 e. The Bertz CT molecular complexity index is 1040. The number of hydrogen-bond donors (Lipinski definition) is 0. The van der Waals surface area contributed by atoms with Crippen molar-refractivity contribution in [2.75, 3.05) is 26.2 Å². The molecule has 0 bridgehead atoms. The molecule has 2 heterocycles. The van der Waals surface area contributed by atoms with E-state index in [1.165, 1.54) is 21.6 Å². The van der Waals surface area contributed by atoms with Crippen molar-refractivity contribution in [1.82, 2.24) is 9.80 Å². The molecule has 0 N–H and O–H groups in total. The first-order valence-corrected chi connectivity index (χ1v) is 12.9. The van der Waals surface area contributed by atoms with Gasteiger partial charge in [0, 0.05) is 49.1 Å². The van der Waals surface area contributed by atoms with Crippen LogP contribution in [-0.2, 0) is 6.54 Å². The molecule has 1 aliphatic heterocycles. The lowest BCUT2D eigenvalue weighted by molar-refractivity contribution is 0.0703. The van der Waals surface area contributed by atoms with Crippen molar-refractivity contribution in [3.05, 3.63) is 93.2 Å². The number of carbonyl (C=O) groups excluding carboxylic acids is 1. The van der Waals surface area contributed by atoms with Crippen molar-refractivity contribution < 1.29 is 4.79 Å². The van der Waals surface area contributed by atoms with Gasteiger partial charge in [-0.05, 0) is 60.4 Å². The van der Waals surface area contributed by atoms with Crippen LogP contribution in [0.15, 0.2) is 66.0 Å². The van der Waals surface area contributed by atoms with Crippen LogP contribution in [0.2, 0.25) is 0 Å². The van der Waals surface area contributed by atoms with Crippen LogP contribution >= 0.6 is 11.3 Å². The highest BCUT2D eigenvalue weighted by molar-refractivity contribution is 7.10. The normalized spacial score (nSPS) is 18.7. The Labute approximate surface area is 203 Å². The fourth-order valence-electron chi connectivity index (χ4n) is 4.96. The summed E-state index contributed by atoms with van der Waals surface area (Å²) in [6.07, 6.45) is 0. The summed E-state index contributed by atoms with van der Waals surface area (Å²) in [5.41, 5.74) is 4.75. The SMILES string of the molecule is Cc1ccc(C(=O)N(CC(C)C)C[C@@H]2CN(Cc3sccc3C)C[C@@H]2c2ccccc2)cc1. The van der Waals surface area contributed by atoms with Crippen molar-refractivity contribution in [3.63, 3.8) is 0 Å². The summed E-state index contributed by atoms with van der Waals surface area (Å²) in [6, 6.07) is 21.1. The second-order valence-electron chi connectivity index (χ2n) is 9.97. The number of hydrogen-bond acceptors (Lipinski definition) is 3. The van der Waals surface area contributed by atoms with Crippen LogP contribution in [0.5, 0.6) is 0 Å². The molecule has 33 heavy (non-hydrogen) atoms. The van der Waals surface area contributed by atoms with Crippen LogP contribution in [0.3, 0.4) is 0 Å². The molecule has 0 radical (unpaired) electrons. The zero-order valence-electron chi connectivity index (χ0n) is 20.3. The number of amides is 1. The number of benzene rings is 2. The molecule has 1 amide bonds. The molecule has 1 saturated heterocycles. The molecule has 174 valence electrons. The van der Waals surface area contributed by atoms with E-state index < -0.39 is 0 Å². The van der Waals surface area contributed by atoms with Crippen LogP contribution in [0.25, 0.3) is 0 Å². The van der Waals surface area contributed by atoms with Crippen molar-refractivity contribution in [2.24, 2.45) is 11.8 Å². The second-order valence-corrected chi connectivity index (χ2v) is 11.0. The zero-order chi connectivity index (χ0) is 23.4. The summed E-state index contributed by atoms with van der Waals surface area (Å²) in [5.74, 6) is 1.44. The van der Waals surface area contributed by atoms with Gasteiger partial charge in [-0.15, -0.1) is 11.3 Å². The lowest BCUT2D eigenvalue weighted by Crippen LogP contribution is -2.39. The molecule has 3 nitrogen and oxygen atoms in total.